The summed E-state index contributed by atoms with van der Waals surface area (Å²) in [6, 6.07) is -8.69. The Bertz CT molecular complexity index is 2020. The first-order chi connectivity index (χ1) is 36.1. The van der Waals surface area contributed by atoms with Gasteiger partial charge in [-0.15, -0.1) is 0 Å². The molecule has 11 atom stereocenters. The van der Waals surface area contributed by atoms with Crippen LogP contribution in [0, 0.1) is 23.7 Å². The van der Waals surface area contributed by atoms with Gasteiger partial charge in [-0.3, -0.25) is 48.1 Å². The maximum Gasteiger partial charge on any atom is 0.315 e. The molecule has 0 aromatic rings. The fraction of sp³-hybridized carbons (Fsp3) is 0.784. The Morgan fingerprint density at radius 3 is 1.64 bits per heavy atom. The zero-order chi connectivity index (χ0) is 58.1. The second kappa shape index (κ2) is 34.1. The van der Waals surface area contributed by atoms with Crippen molar-refractivity contribution in [1.82, 2.24) is 53.2 Å². The largest absolute Gasteiger partial charge is 0.370 e. The quantitative estimate of drug-likeness (QED) is 0.0157. The number of urea groups is 1. The van der Waals surface area contributed by atoms with Gasteiger partial charge in [0.15, 0.2) is 5.96 Å². The van der Waals surface area contributed by atoms with Crippen molar-refractivity contribution in [3.63, 3.8) is 0 Å². The number of unbranched alkanes of at least 4 members (excludes halogenated alkanes) is 2. The van der Waals surface area contributed by atoms with Crippen LogP contribution in [0.3, 0.4) is 0 Å². The van der Waals surface area contributed by atoms with E-state index in [1.807, 2.05) is 53.3 Å². The third kappa shape index (κ3) is 25.4. The molecule has 0 aromatic carbocycles. The van der Waals surface area contributed by atoms with Crippen molar-refractivity contribution in [2.24, 2.45) is 51.6 Å². The molecule has 25 nitrogen and oxygen atoms in total. The molecule has 0 bridgehead atoms. The van der Waals surface area contributed by atoms with Crippen LogP contribution in [0.15, 0.2) is 4.99 Å². The number of nitrogens with two attached hydrogens (primary N) is 4. The molecular weight excluding hydrogens is 1010 g/mol. The van der Waals surface area contributed by atoms with Gasteiger partial charge < -0.3 is 76.1 Å². The zero-order valence-electron chi connectivity index (χ0n) is 47.0. The van der Waals surface area contributed by atoms with Crippen molar-refractivity contribution in [2.45, 2.75) is 212 Å². The van der Waals surface area contributed by atoms with Crippen molar-refractivity contribution in [1.29, 1.82) is 0 Å². The van der Waals surface area contributed by atoms with Gasteiger partial charge in [-0.25, -0.2) is 4.79 Å². The van der Waals surface area contributed by atoms with E-state index in [0.717, 1.165) is 18.6 Å². The van der Waals surface area contributed by atoms with E-state index in [0.29, 0.717) is 43.9 Å². The lowest BCUT2D eigenvalue weighted by Gasteiger charge is -2.28. The van der Waals surface area contributed by atoms with Crippen LogP contribution in [0.25, 0.3) is 0 Å². The van der Waals surface area contributed by atoms with Crippen molar-refractivity contribution in [3.8, 4) is 0 Å². The molecule has 0 saturated carbocycles. The smallest absolute Gasteiger partial charge is 0.315 e. The highest BCUT2D eigenvalue weighted by Gasteiger charge is 2.42. The molecule has 2 saturated heterocycles. The monoisotopic (exact) mass is 1110 g/mol. The number of primary amides is 1. The van der Waals surface area contributed by atoms with E-state index in [9.17, 15) is 47.9 Å². The normalized spacial score (nSPS) is 18.9. The Kier molecular flexibility index (Phi) is 29.7. The minimum atomic E-state index is -1.23. The summed E-state index contributed by atoms with van der Waals surface area (Å²) >= 11 is 1.83. The SMILES string of the molecule is CC(C)C[C@H](NC(=O)[C@H](C)NC(=O)[C@H](CCCN=C(N)N)NC(=O)[C@@H](NC(=O)[C@@H](N)CC(C)C)C(C)C)C(=O)N[C@@H](C)C(=O)N[C@@H](CC(C)C)C(=O)N[C@@H](CCCCNC(=O)CCCC[C@@H]1SC[C@H]2NC(=O)N[C@@H]12)C(N)=O. The zero-order valence-corrected chi connectivity index (χ0v) is 47.8. The Labute approximate surface area is 458 Å². The molecule has 77 heavy (non-hydrogen) atoms. The summed E-state index contributed by atoms with van der Waals surface area (Å²) < 4.78 is 0. The number of guanidine groups is 1. The lowest BCUT2D eigenvalue weighted by atomic mass is 9.99. The maximum absolute atomic E-state index is 13.8. The average molecular weight is 1110 g/mol. The molecule has 2 aliphatic heterocycles. The van der Waals surface area contributed by atoms with Gasteiger partial charge in [-0.2, -0.15) is 11.8 Å². The maximum atomic E-state index is 13.8. The molecular formula is C51H93N15O10S. The molecule has 26 heteroatoms. The van der Waals surface area contributed by atoms with E-state index in [2.05, 4.69) is 58.2 Å². The second-order valence-electron chi connectivity index (χ2n) is 22.0. The van der Waals surface area contributed by atoms with E-state index < -0.39 is 102 Å². The molecule has 2 heterocycles. The average Bonchev–Trinajstić information content (AvgIpc) is 3.89. The van der Waals surface area contributed by atoms with Gasteiger partial charge in [-0.1, -0.05) is 61.8 Å². The number of carbonyl (C=O) groups is 10. The number of fused-ring (bicyclic) bond motifs is 1. The number of hydrogen-bond acceptors (Lipinski definition) is 13. The summed E-state index contributed by atoms with van der Waals surface area (Å²) in [4.78, 5) is 135. The number of aliphatic imine (C=N–C) groups is 1. The minimum Gasteiger partial charge on any atom is -0.370 e. The molecule has 0 aromatic heterocycles. The van der Waals surface area contributed by atoms with Crippen LogP contribution in [0.2, 0.25) is 0 Å². The molecule has 2 aliphatic rings. The molecule has 18 N–H and O–H groups in total. The fourth-order valence-electron chi connectivity index (χ4n) is 8.82. The second-order valence-corrected chi connectivity index (χ2v) is 23.3. The van der Waals surface area contributed by atoms with Gasteiger partial charge in [0, 0.05) is 30.5 Å². The summed E-state index contributed by atoms with van der Waals surface area (Å²) in [5.41, 5.74) is 22.7. The molecule has 0 unspecified atom stereocenters. The summed E-state index contributed by atoms with van der Waals surface area (Å²) in [7, 11) is 0. The van der Waals surface area contributed by atoms with Gasteiger partial charge in [0.25, 0.3) is 0 Å². The molecule has 0 radical (unpaired) electrons. The van der Waals surface area contributed by atoms with Gasteiger partial charge in [0.2, 0.25) is 53.2 Å². The molecule has 438 valence electrons. The third-order valence-electron chi connectivity index (χ3n) is 13.1. The molecule has 2 rings (SSSR count). The van der Waals surface area contributed by atoms with Gasteiger partial charge >= 0.3 is 6.03 Å². The predicted octanol–water partition coefficient (Wildman–Crippen LogP) is -0.907. The predicted molar refractivity (Wildman–Crippen MR) is 296 cm³/mol. The number of rotatable bonds is 36. The highest BCUT2D eigenvalue weighted by Crippen LogP contribution is 2.33. The van der Waals surface area contributed by atoms with Crippen LogP contribution >= 0.6 is 11.8 Å². The number of hydrogen-bond donors (Lipinski definition) is 14. The highest BCUT2D eigenvalue weighted by atomic mass is 32.2. The van der Waals surface area contributed by atoms with E-state index >= 15 is 0 Å². The van der Waals surface area contributed by atoms with Crippen LogP contribution in [0.5, 0.6) is 0 Å². The summed E-state index contributed by atoms with van der Waals surface area (Å²) in [6.45, 7) is 17.9. The first-order valence-electron chi connectivity index (χ1n) is 27.3. The van der Waals surface area contributed by atoms with E-state index in [4.69, 9.17) is 22.9 Å². The van der Waals surface area contributed by atoms with Gasteiger partial charge in [0.05, 0.1) is 18.1 Å². The van der Waals surface area contributed by atoms with E-state index in [-0.39, 0.29) is 86.4 Å². The summed E-state index contributed by atoms with van der Waals surface area (Å²) in [5, 5.41) is 27.7. The molecule has 2 fully saturated rings. The van der Waals surface area contributed by atoms with E-state index in [1.54, 1.807) is 13.8 Å². The lowest BCUT2D eigenvalue weighted by Crippen LogP contribution is -2.60. The first-order valence-corrected chi connectivity index (χ1v) is 28.3. The first kappa shape index (κ1) is 67.2. The third-order valence-corrected chi connectivity index (χ3v) is 14.6. The van der Waals surface area contributed by atoms with Crippen LogP contribution < -0.4 is 76.1 Å². The van der Waals surface area contributed by atoms with Crippen molar-refractivity contribution in [3.05, 3.63) is 0 Å². The summed E-state index contributed by atoms with van der Waals surface area (Å²) in [5.74, 6) is -5.31. The van der Waals surface area contributed by atoms with Crippen LogP contribution in [0.4, 0.5) is 4.79 Å². The van der Waals surface area contributed by atoms with Crippen molar-refractivity contribution < 1.29 is 47.9 Å². The van der Waals surface area contributed by atoms with Crippen LogP contribution in [0.1, 0.15) is 146 Å². The lowest BCUT2D eigenvalue weighted by molar-refractivity contribution is -0.136. The van der Waals surface area contributed by atoms with Crippen LogP contribution in [-0.2, 0) is 43.2 Å². The van der Waals surface area contributed by atoms with Gasteiger partial charge in [-0.05, 0) is 102 Å². The number of nitrogens with zero attached hydrogens (tertiary/aromatic N) is 1. The fourth-order valence-corrected chi connectivity index (χ4v) is 10.4. The Balaban J connectivity index is 1.99. The van der Waals surface area contributed by atoms with Crippen molar-refractivity contribution >= 4 is 76.9 Å². The Morgan fingerprint density at radius 1 is 0.584 bits per heavy atom. The topological polar surface area (TPSA) is 407 Å². The number of nitrogens with one attached hydrogen (secondary N) is 10. The van der Waals surface area contributed by atoms with Gasteiger partial charge in [0.1, 0.15) is 42.3 Å². The Morgan fingerprint density at radius 2 is 1.10 bits per heavy atom. The minimum absolute atomic E-state index is 0.0481. The number of thioether (sulfide) groups is 1. The summed E-state index contributed by atoms with van der Waals surface area (Å²) in [6.07, 6.45) is 5.04. The van der Waals surface area contributed by atoms with Crippen molar-refractivity contribution in [2.75, 3.05) is 18.8 Å². The van der Waals surface area contributed by atoms with E-state index in [1.165, 1.54) is 13.8 Å². The number of amides is 11. The molecule has 11 amide bonds. The highest BCUT2D eigenvalue weighted by molar-refractivity contribution is 8.00. The standard InChI is InChI=1S/C51H93N15O10S/c1-26(2)22-32(52)45(71)65-40(29(7)8)49(75)61-34(17-15-21-57-50(54)55)46(72)58-30(9)43(69)62-35(23-27(3)4)47(73)59-31(10)44(70)63-36(24-28(5)6)48(74)60-33(42(53)68)16-13-14-20-56-39(67)19-12-11-18-38-41-37(25-77-38)64-51(76)66-41/h26-38,40-41H,11-25,52H2,1-10H3,(H2,53,68)(H,56,67)(H,58,72)(H,59,73)(H,60,74)(H,61,75)(H,62,69)(H,63,70)(H,65,71)(H4,54,55,57)(H2,64,66,76)/t30-,31-,32-,33-,34-,35-,36-,37+,38-,40-,41+/m0/s1. The van der Waals surface area contributed by atoms with Crippen LogP contribution in [-0.4, -0.2) is 150 Å². The Hall–Kier alpha value is -5.92. The molecule has 0 spiro atoms. The molecule has 0 aliphatic carbocycles. The number of carbonyl (C=O) groups excluding carboxylic acids is 10.